The van der Waals surface area contributed by atoms with Crippen LogP contribution in [0.3, 0.4) is 0 Å². The van der Waals surface area contributed by atoms with Crippen molar-refractivity contribution >= 4 is 29.3 Å². The van der Waals surface area contributed by atoms with Crippen molar-refractivity contribution in [2.24, 2.45) is 5.92 Å². The second-order valence-electron chi connectivity index (χ2n) is 6.59. The van der Waals surface area contributed by atoms with Gasteiger partial charge >= 0.3 is 12.0 Å². The molecule has 2 aromatic rings. The second-order valence-corrected chi connectivity index (χ2v) is 6.59. The highest BCUT2D eigenvalue weighted by Gasteiger charge is 2.32. The Morgan fingerprint density at radius 3 is 2.07 bits per heavy atom. The van der Waals surface area contributed by atoms with E-state index in [1.807, 2.05) is 0 Å². The number of rotatable bonds is 4. The van der Waals surface area contributed by atoms with E-state index in [1.165, 1.54) is 12.1 Å². The van der Waals surface area contributed by atoms with Crippen LogP contribution in [-0.2, 0) is 4.79 Å². The number of hydrogen-bond acceptors (Lipinski definition) is 4. The summed E-state index contributed by atoms with van der Waals surface area (Å²) in [4.78, 5) is 49.1. The highest BCUT2D eigenvalue weighted by Crippen LogP contribution is 2.31. The molecule has 0 spiro atoms. The summed E-state index contributed by atoms with van der Waals surface area (Å²) in [6.07, 6.45) is 0. The lowest BCUT2D eigenvalue weighted by atomic mass is 9.83. The monoisotopic (exact) mass is 366 g/mol. The predicted molar refractivity (Wildman–Crippen MR) is 98.2 cm³/mol. The molecule has 0 aliphatic heterocycles. The summed E-state index contributed by atoms with van der Waals surface area (Å²) >= 11 is 0. The molecular formula is C20H18N2O5. The molecule has 0 saturated carbocycles. The van der Waals surface area contributed by atoms with Gasteiger partial charge in [-0.25, -0.2) is 9.59 Å². The first-order valence-electron chi connectivity index (χ1n) is 8.43. The third-order valence-electron chi connectivity index (χ3n) is 4.42. The van der Waals surface area contributed by atoms with Gasteiger partial charge in [0.05, 0.1) is 11.3 Å². The van der Waals surface area contributed by atoms with Gasteiger partial charge in [-0.1, -0.05) is 50.2 Å². The van der Waals surface area contributed by atoms with E-state index in [4.69, 9.17) is 0 Å². The molecule has 0 fully saturated rings. The van der Waals surface area contributed by atoms with Crippen molar-refractivity contribution in [3.8, 4) is 0 Å². The summed E-state index contributed by atoms with van der Waals surface area (Å²) in [7, 11) is 0. The summed E-state index contributed by atoms with van der Waals surface area (Å²) < 4.78 is 0. The zero-order valence-corrected chi connectivity index (χ0v) is 14.8. The van der Waals surface area contributed by atoms with Gasteiger partial charge in [-0.3, -0.25) is 9.59 Å². The molecule has 0 aromatic heterocycles. The number of carboxylic acids is 1. The van der Waals surface area contributed by atoms with Gasteiger partial charge in [-0.2, -0.15) is 0 Å². The largest absolute Gasteiger partial charge is 0.480 e. The molecule has 1 aliphatic carbocycles. The van der Waals surface area contributed by atoms with Gasteiger partial charge in [0, 0.05) is 16.7 Å². The first-order valence-corrected chi connectivity index (χ1v) is 8.43. The molecule has 2 aromatic carbocycles. The normalized spacial score (nSPS) is 13.6. The molecular weight excluding hydrogens is 348 g/mol. The van der Waals surface area contributed by atoms with Crippen molar-refractivity contribution in [3.63, 3.8) is 0 Å². The fourth-order valence-electron chi connectivity index (χ4n) is 3.06. The molecule has 1 unspecified atom stereocenters. The maximum Gasteiger partial charge on any atom is 0.326 e. The number of hydrogen-bond donors (Lipinski definition) is 3. The van der Waals surface area contributed by atoms with Crippen LogP contribution in [0.4, 0.5) is 10.5 Å². The summed E-state index contributed by atoms with van der Waals surface area (Å²) in [6.45, 7) is 3.34. The minimum Gasteiger partial charge on any atom is -0.480 e. The molecule has 0 saturated heterocycles. The van der Waals surface area contributed by atoms with Crippen molar-refractivity contribution in [2.45, 2.75) is 19.9 Å². The standard InChI is InChI=1S/C20H18N2O5/c1-10(2)16(19(25)26)22-20(27)21-14-9-5-8-13-15(14)18(24)12-7-4-3-6-11(12)17(13)23/h3-10,16H,1-2H3,(H,25,26)(H2,21,22,27). The molecule has 138 valence electrons. The molecule has 1 aliphatic rings. The zero-order valence-electron chi connectivity index (χ0n) is 14.8. The van der Waals surface area contributed by atoms with E-state index in [0.29, 0.717) is 5.56 Å². The first kappa shape index (κ1) is 18.3. The molecule has 3 N–H and O–H groups in total. The van der Waals surface area contributed by atoms with E-state index in [0.717, 1.165) is 0 Å². The summed E-state index contributed by atoms with van der Waals surface area (Å²) in [6, 6.07) is 9.25. The van der Waals surface area contributed by atoms with Crippen molar-refractivity contribution in [2.75, 3.05) is 5.32 Å². The fraction of sp³-hybridized carbons (Fsp3) is 0.200. The third-order valence-corrected chi connectivity index (χ3v) is 4.42. The molecule has 27 heavy (non-hydrogen) atoms. The molecule has 1 atom stereocenters. The van der Waals surface area contributed by atoms with Crippen LogP contribution < -0.4 is 10.6 Å². The van der Waals surface area contributed by atoms with Crippen molar-refractivity contribution in [1.82, 2.24) is 5.32 Å². The molecule has 2 amide bonds. The average Bonchev–Trinajstić information content (AvgIpc) is 2.63. The van der Waals surface area contributed by atoms with Gasteiger partial charge in [-0.15, -0.1) is 0 Å². The second kappa shape index (κ2) is 7.03. The minimum absolute atomic E-state index is 0.104. The number of anilines is 1. The van der Waals surface area contributed by atoms with Gasteiger partial charge in [0.25, 0.3) is 0 Å². The number of carboxylic acid groups (broad SMARTS) is 1. The molecule has 0 bridgehead atoms. The summed E-state index contributed by atoms with van der Waals surface area (Å²) in [5.41, 5.74) is 1.06. The lowest BCUT2D eigenvalue weighted by Gasteiger charge is -2.22. The van der Waals surface area contributed by atoms with E-state index >= 15 is 0 Å². The van der Waals surface area contributed by atoms with Crippen molar-refractivity contribution in [1.29, 1.82) is 0 Å². The number of carbonyl (C=O) groups is 4. The maximum absolute atomic E-state index is 12.9. The highest BCUT2D eigenvalue weighted by molar-refractivity contribution is 6.30. The number of nitrogens with one attached hydrogen (secondary N) is 2. The van der Waals surface area contributed by atoms with E-state index in [-0.39, 0.29) is 39.9 Å². The average molecular weight is 366 g/mol. The lowest BCUT2D eigenvalue weighted by molar-refractivity contribution is -0.140. The molecule has 0 heterocycles. The smallest absolute Gasteiger partial charge is 0.326 e. The number of carbonyl (C=O) groups excluding carboxylic acids is 3. The van der Waals surface area contributed by atoms with E-state index < -0.39 is 18.0 Å². The Morgan fingerprint density at radius 2 is 1.48 bits per heavy atom. The molecule has 3 rings (SSSR count). The number of urea groups is 1. The number of fused-ring (bicyclic) bond motifs is 2. The quantitative estimate of drug-likeness (QED) is 0.657. The van der Waals surface area contributed by atoms with E-state index in [9.17, 15) is 24.3 Å². The number of ketones is 2. The van der Waals surface area contributed by atoms with Crippen LogP contribution in [-0.4, -0.2) is 34.7 Å². The zero-order chi connectivity index (χ0) is 19.7. The summed E-state index contributed by atoms with van der Waals surface area (Å²) in [5.74, 6) is -2.15. The van der Waals surface area contributed by atoms with Gasteiger partial charge in [-0.05, 0) is 12.0 Å². The Bertz CT molecular complexity index is 965. The van der Waals surface area contributed by atoms with E-state index in [1.54, 1.807) is 44.2 Å². The van der Waals surface area contributed by atoms with Crippen LogP contribution in [0.15, 0.2) is 42.5 Å². The lowest BCUT2D eigenvalue weighted by Crippen LogP contribution is -2.46. The fourth-order valence-corrected chi connectivity index (χ4v) is 3.06. The van der Waals surface area contributed by atoms with Gasteiger partial charge in [0.2, 0.25) is 0 Å². The van der Waals surface area contributed by atoms with Gasteiger partial charge in [0.1, 0.15) is 6.04 Å². The SMILES string of the molecule is CC(C)C(NC(=O)Nc1cccc2c1C(=O)c1ccccc1C2=O)C(=O)O. The first-order chi connectivity index (χ1) is 12.8. The number of aliphatic carboxylic acids is 1. The van der Waals surface area contributed by atoms with Crippen LogP contribution in [0, 0.1) is 5.92 Å². The van der Waals surface area contributed by atoms with Crippen LogP contribution in [0.5, 0.6) is 0 Å². The predicted octanol–water partition coefficient (Wildman–Crippen LogP) is 2.69. The Morgan fingerprint density at radius 1 is 0.889 bits per heavy atom. The van der Waals surface area contributed by atoms with Gasteiger partial charge < -0.3 is 15.7 Å². The Labute approximate surface area is 155 Å². The van der Waals surface area contributed by atoms with Crippen LogP contribution >= 0.6 is 0 Å². The summed E-state index contributed by atoms with van der Waals surface area (Å²) in [5, 5.41) is 14.1. The Kier molecular flexibility index (Phi) is 4.77. The third kappa shape index (κ3) is 3.31. The van der Waals surface area contributed by atoms with E-state index in [2.05, 4.69) is 10.6 Å². The Hall–Kier alpha value is -3.48. The van der Waals surface area contributed by atoms with Crippen molar-refractivity contribution < 1.29 is 24.3 Å². The topological polar surface area (TPSA) is 113 Å². The molecule has 7 heteroatoms. The molecule has 0 radical (unpaired) electrons. The van der Waals surface area contributed by atoms with Gasteiger partial charge in [0.15, 0.2) is 11.6 Å². The van der Waals surface area contributed by atoms with Crippen LogP contribution in [0.1, 0.15) is 45.7 Å². The maximum atomic E-state index is 12.9. The Balaban J connectivity index is 1.94. The highest BCUT2D eigenvalue weighted by atomic mass is 16.4. The van der Waals surface area contributed by atoms with Crippen LogP contribution in [0.2, 0.25) is 0 Å². The number of amides is 2. The van der Waals surface area contributed by atoms with Crippen molar-refractivity contribution in [3.05, 3.63) is 64.7 Å². The number of benzene rings is 2. The van der Waals surface area contributed by atoms with Crippen LogP contribution in [0.25, 0.3) is 0 Å². The minimum atomic E-state index is -1.16. The molecule has 7 nitrogen and oxygen atoms in total.